The van der Waals surface area contributed by atoms with Crippen LogP contribution in [-0.2, 0) is 21.2 Å². The molecule has 0 aliphatic heterocycles. The second-order valence-corrected chi connectivity index (χ2v) is 8.76. The lowest BCUT2D eigenvalue weighted by molar-refractivity contribution is -0.119. The first-order valence-electron chi connectivity index (χ1n) is 8.88. The number of carbonyl (C=O) groups excluding carboxylic acids is 1. The molecule has 3 aromatic rings. The highest BCUT2D eigenvalue weighted by Crippen LogP contribution is 2.30. The summed E-state index contributed by atoms with van der Waals surface area (Å²) in [6, 6.07) is 16.5. The molecular weight excluding hydrogens is 410 g/mol. The van der Waals surface area contributed by atoms with Gasteiger partial charge in [-0.2, -0.15) is 0 Å². The number of benzene rings is 2. The van der Waals surface area contributed by atoms with Crippen LogP contribution >= 0.6 is 11.6 Å². The standard InChI is InChI=1S/C21H20ClN3O3S/c1-15-5-8-18(9-6-15)29(27,28)20-12-16(22)7-10-19(20)24-14-21(26)25-13-17-4-2-3-11-23-17/h2-12,24H,13-14H2,1H3,(H,25,26). The second kappa shape index (κ2) is 9.07. The monoisotopic (exact) mass is 429 g/mol. The van der Waals surface area contributed by atoms with Gasteiger partial charge in [-0.25, -0.2) is 8.42 Å². The largest absolute Gasteiger partial charge is 0.375 e. The predicted molar refractivity (Wildman–Crippen MR) is 113 cm³/mol. The van der Waals surface area contributed by atoms with Gasteiger partial charge in [0, 0.05) is 11.2 Å². The number of nitrogens with one attached hydrogen (secondary N) is 2. The van der Waals surface area contributed by atoms with E-state index in [-0.39, 0.29) is 28.8 Å². The summed E-state index contributed by atoms with van der Waals surface area (Å²) >= 11 is 6.04. The number of carbonyl (C=O) groups is 1. The molecule has 150 valence electrons. The van der Waals surface area contributed by atoms with Crippen LogP contribution in [0.15, 0.2) is 76.7 Å². The fourth-order valence-corrected chi connectivity index (χ4v) is 4.34. The lowest BCUT2D eigenvalue weighted by Crippen LogP contribution is -2.30. The van der Waals surface area contributed by atoms with Crippen LogP contribution in [0.5, 0.6) is 0 Å². The Kier molecular flexibility index (Phi) is 6.51. The molecule has 0 fully saturated rings. The van der Waals surface area contributed by atoms with Crippen LogP contribution in [0, 0.1) is 6.92 Å². The molecule has 1 heterocycles. The molecule has 0 saturated carbocycles. The van der Waals surface area contributed by atoms with Crippen LogP contribution in [0.25, 0.3) is 0 Å². The average molecular weight is 430 g/mol. The number of hydrogen-bond acceptors (Lipinski definition) is 5. The van der Waals surface area contributed by atoms with Crippen molar-refractivity contribution in [3.05, 3.63) is 83.1 Å². The number of pyridine rings is 1. The van der Waals surface area contributed by atoms with E-state index in [1.165, 1.54) is 6.07 Å². The Morgan fingerprint density at radius 1 is 1.07 bits per heavy atom. The zero-order valence-electron chi connectivity index (χ0n) is 15.7. The summed E-state index contributed by atoms with van der Waals surface area (Å²) in [4.78, 5) is 16.5. The zero-order valence-corrected chi connectivity index (χ0v) is 17.3. The molecule has 29 heavy (non-hydrogen) atoms. The first-order valence-corrected chi connectivity index (χ1v) is 10.7. The predicted octanol–water partition coefficient (Wildman–Crippen LogP) is 3.60. The molecule has 6 nitrogen and oxygen atoms in total. The molecular formula is C21H20ClN3O3S. The maximum Gasteiger partial charge on any atom is 0.239 e. The van der Waals surface area contributed by atoms with Gasteiger partial charge in [0.2, 0.25) is 15.7 Å². The minimum absolute atomic E-state index is 0.0198. The van der Waals surface area contributed by atoms with Crippen LogP contribution in [0.2, 0.25) is 5.02 Å². The number of hydrogen-bond donors (Lipinski definition) is 2. The Balaban J connectivity index is 1.75. The van der Waals surface area contributed by atoms with Crippen molar-refractivity contribution in [1.82, 2.24) is 10.3 Å². The lowest BCUT2D eigenvalue weighted by Gasteiger charge is -2.13. The number of halogens is 1. The Labute approximate surface area is 174 Å². The summed E-state index contributed by atoms with van der Waals surface area (Å²) in [5.74, 6) is -0.288. The minimum atomic E-state index is -3.80. The summed E-state index contributed by atoms with van der Waals surface area (Å²) in [5.41, 5.74) is 2.00. The lowest BCUT2D eigenvalue weighted by atomic mass is 10.2. The van der Waals surface area contributed by atoms with E-state index in [2.05, 4.69) is 15.6 Å². The third-order valence-electron chi connectivity index (χ3n) is 4.20. The van der Waals surface area contributed by atoms with Crippen molar-refractivity contribution in [2.24, 2.45) is 0 Å². The van der Waals surface area contributed by atoms with E-state index in [1.54, 1.807) is 54.7 Å². The number of rotatable bonds is 7. The van der Waals surface area contributed by atoms with E-state index >= 15 is 0 Å². The molecule has 2 N–H and O–H groups in total. The van der Waals surface area contributed by atoms with Crippen molar-refractivity contribution in [3.63, 3.8) is 0 Å². The van der Waals surface area contributed by atoms with Gasteiger partial charge in [0.1, 0.15) is 0 Å². The van der Waals surface area contributed by atoms with E-state index in [0.717, 1.165) is 11.3 Å². The fourth-order valence-electron chi connectivity index (χ4n) is 2.64. The maximum absolute atomic E-state index is 13.1. The van der Waals surface area contributed by atoms with E-state index in [4.69, 9.17) is 11.6 Å². The molecule has 8 heteroatoms. The van der Waals surface area contributed by atoms with Gasteiger partial charge >= 0.3 is 0 Å². The van der Waals surface area contributed by atoms with Gasteiger partial charge in [-0.15, -0.1) is 0 Å². The number of aryl methyl sites for hydroxylation is 1. The van der Waals surface area contributed by atoms with Crippen molar-refractivity contribution in [3.8, 4) is 0 Å². The minimum Gasteiger partial charge on any atom is -0.375 e. The maximum atomic E-state index is 13.1. The Morgan fingerprint density at radius 2 is 1.83 bits per heavy atom. The van der Waals surface area contributed by atoms with Gasteiger partial charge in [0.05, 0.1) is 34.3 Å². The highest BCUT2D eigenvalue weighted by Gasteiger charge is 2.22. The number of sulfone groups is 1. The molecule has 0 radical (unpaired) electrons. The van der Waals surface area contributed by atoms with Crippen molar-refractivity contribution < 1.29 is 13.2 Å². The van der Waals surface area contributed by atoms with Gasteiger partial charge in [-0.05, 0) is 49.4 Å². The smallest absolute Gasteiger partial charge is 0.239 e. The Bertz CT molecular complexity index is 1100. The first kappa shape index (κ1) is 20.8. The van der Waals surface area contributed by atoms with Gasteiger partial charge < -0.3 is 10.6 Å². The van der Waals surface area contributed by atoms with Gasteiger partial charge in [0.15, 0.2) is 0 Å². The number of nitrogens with zero attached hydrogens (tertiary/aromatic N) is 1. The topological polar surface area (TPSA) is 88.2 Å². The molecule has 3 rings (SSSR count). The molecule has 0 unspecified atom stereocenters. The second-order valence-electron chi connectivity index (χ2n) is 6.41. The highest BCUT2D eigenvalue weighted by atomic mass is 35.5. The van der Waals surface area contributed by atoms with E-state index in [9.17, 15) is 13.2 Å². The molecule has 1 amide bonds. The summed E-state index contributed by atoms with van der Waals surface area (Å²) in [7, 11) is -3.80. The van der Waals surface area contributed by atoms with E-state index in [0.29, 0.717) is 10.7 Å². The average Bonchev–Trinajstić information content (AvgIpc) is 2.72. The van der Waals surface area contributed by atoms with Crippen LogP contribution in [0.4, 0.5) is 5.69 Å². The van der Waals surface area contributed by atoms with Gasteiger partial charge in [-0.1, -0.05) is 35.4 Å². The summed E-state index contributed by atoms with van der Waals surface area (Å²) in [5, 5.41) is 5.92. The molecule has 0 aliphatic rings. The molecule has 1 aromatic heterocycles. The summed E-state index contributed by atoms with van der Waals surface area (Å²) < 4.78 is 26.1. The molecule has 0 spiro atoms. The molecule has 0 bridgehead atoms. The van der Waals surface area contributed by atoms with Gasteiger partial charge in [-0.3, -0.25) is 9.78 Å². The van der Waals surface area contributed by atoms with E-state index in [1.807, 2.05) is 13.0 Å². The molecule has 2 aromatic carbocycles. The van der Waals surface area contributed by atoms with Crippen LogP contribution in [-0.4, -0.2) is 25.9 Å². The first-order chi connectivity index (χ1) is 13.9. The zero-order chi connectivity index (χ0) is 20.9. The number of anilines is 1. The van der Waals surface area contributed by atoms with Crippen LogP contribution < -0.4 is 10.6 Å². The van der Waals surface area contributed by atoms with Crippen LogP contribution in [0.1, 0.15) is 11.3 Å². The summed E-state index contributed by atoms with van der Waals surface area (Å²) in [6.07, 6.45) is 1.65. The molecule has 0 atom stereocenters. The van der Waals surface area contributed by atoms with E-state index < -0.39 is 9.84 Å². The van der Waals surface area contributed by atoms with Crippen molar-refractivity contribution >= 4 is 33.0 Å². The van der Waals surface area contributed by atoms with Crippen LogP contribution in [0.3, 0.4) is 0 Å². The van der Waals surface area contributed by atoms with Crippen molar-refractivity contribution in [2.75, 3.05) is 11.9 Å². The van der Waals surface area contributed by atoms with Crippen molar-refractivity contribution in [2.45, 2.75) is 23.3 Å². The molecule has 0 saturated heterocycles. The quantitative estimate of drug-likeness (QED) is 0.599. The third-order valence-corrected chi connectivity index (χ3v) is 6.24. The SMILES string of the molecule is Cc1ccc(S(=O)(=O)c2cc(Cl)ccc2NCC(=O)NCc2ccccn2)cc1. The molecule has 0 aliphatic carbocycles. The third kappa shape index (κ3) is 5.34. The van der Waals surface area contributed by atoms with Gasteiger partial charge in [0.25, 0.3) is 0 Å². The Morgan fingerprint density at radius 3 is 2.52 bits per heavy atom. The Hall–Kier alpha value is -2.90. The fraction of sp³-hybridized carbons (Fsp3) is 0.143. The van der Waals surface area contributed by atoms with Crippen molar-refractivity contribution in [1.29, 1.82) is 0 Å². The highest BCUT2D eigenvalue weighted by molar-refractivity contribution is 7.91. The summed E-state index contributed by atoms with van der Waals surface area (Å²) in [6.45, 7) is 2.08. The number of aromatic nitrogens is 1. The normalized spacial score (nSPS) is 11.1. The number of amides is 1.